The Kier molecular flexibility index (Phi) is 3.06. The van der Waals surface area contributed by atoms with Crippen molar-refractivity contribution in [3.05, 3.63) is 0 Å². The number of carbonyl (C=O) groups is 1. The first kappa shape index (κ1) is 8.72. The zero-order valence-electron chi connectivity index (χ0n) is 7.39. The maximum absolute atomic E-state index is 11.0. The van der Waals surface area contributed by atoms with Gasteiger partial charge in [-0.3, -0.25) is 4.79 Å². The minimum atomic E-state index is 0.147. The number of carbonyl (C=O) groups excluding carboxylic acids is 1. The summed E-state index contributed by atoms with van der Waals surface area (Å²) in [4.78, 5) is 11.0. The van der Waals surface area contributed by atoms with E-state index in [0.717, 1.165) is 18.9 Å². The van der Waals surface area contributed by atoms with Crippen molar-refractivity contribution in [2.75, 3.05) is 6.54 Å². The van der Waals surface area contributed by atoms with E-state index in [1.807, 2.05) is 0 Å². The van der Waals surface area contributed by atoms with E-state index in [1.54, 1.807) is 6.92 Å². The average molecular weight is 155 g/mol. The van der Waals surface area contributed by atoms with Crippen LogP contribution in [0.5, 0.6) is 0 Å². The van der Waals surface area contributed by atoms with Gasteiger partial charge in [-0.25, -0.2) is 0 Å². The number of ketones is 1. The fourth-order valence-corrected chi connectivity index (χ4v) is 1.68. The molecule has 11 heavy (non-hydrogen) atoms. The highest BCUT2D eigenvalue weighted by Gasteiger charge is 2.22. The lowest BCUT2D eigenvalue weighted by Crippen LogP contribution is -2.42. The first-order valence-corrected chi connectivity index (χ1v) is 4.48. The molecule has 0 bridgehead atoms. The van der Waals surface area contributed by atoms with E-state index >= 15 is 0 Å². The molecule has 0 amide bonds. The molecule has 0 aromatic heterocycles. The summed E-state index contributed by atoms with van der Waals surface area (Å²) in [5, 5.41) is 3.23. The number of hydrogen-bond donors (Lipinski definition) is 1. The summed E-state index contributed by atoms with van der Waals surface area (Å²) >= 11 is 0. The number of nitrogens with one attached hydrogen (secondary N) is 1. The summed E-state index contributed by atoms with van der Waals surface area (Å²) in [5.74, 6) is 1.06. The molecule has 2 unspecified atom stereocenters. The number of hydrogen-bond acceptors (Lipinski definition) is 2. The number of Topliss-reactive ketones (excluding diaryl/α,β-unsaturated/α-hetero) is 1. The van der Waals surface area contributed by atoms with E-state index < -0.39 is 0 Å². The van der Waals surface area contributed by atoms with Crippen LogP contribution in [0, 0.1) is 5.92 Å². The predicted octanol–water partition coefficient (Wildman–Crippen LogP) is 1.35. The van der Waals surface area contributed by atoms with Gasteiger partial charge in [-0.1, -0.05) is 13.3 Å². The quantitative estimate of drug-likeness (QED) is 0.652. The highest BCUT2D eigenvalue weighted by molar-refractivity contribution is 5.81. The summed E-state index contributed by atoms with van der Waals surface area (Å²) in [5.41, 5.74) is 0. The fraction of sp³-hybridized carbons (Fsp3) is 0.889. The molecule has 1 N–H and O–H groups in total. The van der Waals surface area contributed by atoms with E-state index in [1.165, 1.54) is 12.8 Å². The van der Waals surface area contributed by atoms with Crippen molar-refractivity contribution >= 4 is 5.78 Å². The van der Waals surface area contributed by atoms with Crippen molar-refractivity contribution in [3.8, 4) is 0 Å². The van der Waals surface area contributed by atoms with Gasteiger partial charge in [-0.15, -0.1) is 0 Å². The Balaban J connectivity index is 2.39. The van der Waals surface area contributed by atoms with Crippen molar-refractivity contribution in [2.24, 2.45) is 5.92 Å². The van der Waals surface area contributed by atoms with E-state index in [9.17, 15) is 4.79 Å². The van der Waals surface area contributed by atoms with Gasteiger partial charge in [0, 0.05) is 0 Å². The van der Waals surface area contributed by atoms with Gasteiger partial charge >= 0.3 is 0 Å². The Hall–Kier alpha value is -0.370. The Morgan fingerprint density at radius 2 is 2.36 bits per heavy atom. The molecule has 1 fully saturated rings. The van der Waals surface area contributed by atoms with Crippen molar-refractivity contribution in [2.45, 2.75) is 39.2 Å². The summed E-state index contributed by atoms with van der Waals surface area (Å²) < 4.78 is 0. The molecular weight excluding hydrogens is 138 g/mol. The van der Waals surface area contributed by atoms with Crippen LogP contribution in [0.15, 0.2) is 0 Å². The summed E-state index contributed by atoms with van der Waals surface area (Å²) in [6.45, 7) is 4.89. The molecule has 0 aliphatic carbocycles. The molecule has 1 rings (SSSR count). The lowest BCUT2D eigenvalue weighted by atomic mass is 9.89. The number of piperidine rings is 1. The lowest BCUT2D eigenvalue weighted by Gasteiger charge is -2.27. The third kappa shape index (κ3) is 2.29. The normalized spacial score (nSPS) is 31.8. The van der Waals surface area contributed by atoms with Gasteiger partial charge in [-0.2, -0.15) is 0 Å². The molecule has 0 spiro atoms. The zero-order valence-corrected chi connectivity index (χ0v) is 7.39. The Bertz CT molecular complexity index is 144. The van der Waals surface area contributed by atoms with Crippen LogP contribution in [0.1, 0.15) is 33.1 Å². The maximum Gasteiger partial charge on any atom is 0.146 e. The SMILES string of the molecule is CCC1CCNC(C(C)=O)C1. The van der Waals surface area contributed by atoms with Crippen molar-refractivity contribution in [1.29, 1.82) is 0 Å². The van der Waals surface area contributed by atoms with Gasteiger partial charge in [0.1, 0.15) is 5.78 Å². The van der Waals surface area contributed by atoms with Gasteiger partial charge in [-0.05, 0) is 32.2 Å². The second kappa shape index (κ2) is 3.86. The lowest BCUT2D eigenvalue weighted by molar-refractivity contribution is -0.119. The topological polar surface area (TPSA) is 29.1 Å². The average Bonchev–Trinajstić information content (AvgIpc) is 2.05. The van der Waals surface area contributed by atoms with Crippen LogP contribution in [0.3, 0.4) is 0 Å². The zero-order chi connectivity index (χ0) is 8.27. The van der Waals surface area contributed by atoms with Crippen molar-refractivity contribution in [1.82, 2.24) is 5.32 Å². The minimum Gasteiger partial charge on any atom is -0.307 e. The van der Waals surface area contributed by atoms with Gasteiger partial charge < -0.3 is 5.32 Å². The minimum absolute atomic E-state index is 0.147. The van der Waals surface area contributed by atoms with Crippen LogP contribution in [-0.2, 0) is 4.79 Å². The second-order valence-electron chi connectivity index (χ2n) is 3.42. The molecule has 1 saturated heterocycles. The van der Waals surface area contributed by atoms with Crippen LogP contribution in [0.4, 0.5) is 0 Å². The largest absolute Gasteiger partial charge is 0.307 e. The van der Waals surface area contributed by atoms with Crippen molar-refractivity contribution < 1.29 is 4.79 Å². The van der Waals surface area contributed by atoms with Crippen LogP contribution >= 0.6 is 0 Å². The third-order valence-electron chi connectivity index (χ3n) is 2.58. The van der Waals surface area contributed by atoms with Crippen LogP contribution in [0.25, 0.3) is 0 Å². The van der Waals surface area contributed by atoms with Crippen molar-refractivity contribution in [3.63, 3.8) is 0 Å². The van der Waals surface area contributed by atoms with E-state index in [4.69, 9.17) is 0 Å². The molecule has 2 heteroatoms. The molecular formula is C9H17NO. The molecule has 64 valence electrons. The molecule has 1 aliphatic heterocycles. The van der Waals surface area contributed by atoms with E-state index in [2.05, 4.69) is 12.2 Å². The fourth-order valence-electron chi connectivity index (χ4n) is 1.68. The molecule has 0 radical (unpaired) electrons. The molecule has 1 heterocycles. The predicted molar refractivity (Wildman–Crippen MR) is 45.5 cm³/mol. The molecule has 0 aromatic rings. The standard InChI is InChI=1S/C9H17NO/c1-3-8-4-5-10-9(6-8)7(2)11/h8-10H,3-6H2,1-2H3. The monoisotopic (exact) mass is 155 g/mol. The van der Waals surface area contributed by atoms with Gasteiger partial charge in [0.2, 0.25) is 0 Å². The molecule has 1 aliphatic rings. The highest BCUT2D eigenvalue weighted by atomic mass is 16.1. The summed E-state index contributed by atoms with van der Waals surface area (Å²) in [6, 6.07) is 0.147. The highest BCUT2D eigenvalue weighted by Crippen LogP contribution is 2.19. The maximum atomic E-state index is 11.0. The van der Waals surface area contributed by atoms with Gasteiger partial charge in [0.05, 0.1) is 6.04 Å². The van der Waals surface area contributed by atoms with Gasteiger partial charge in [0.15, 0.2) is 0 Å². The van der Waals surface area contributed by atoms with Crippen LogP contribution in [0.2, 0.25) is 0 Å². The Labute approximate surface area is 68.4 Å². The molecule has 0 saturated carbocycles. The first-order chi connectivity index (χ1) is 5.24. The Morgan fingerprint density at radius 3 is 2.91 bits per heavy atom. The number of rotatable bonds is 2. The van der Waals surface area contributed by atoms with E-state index in [0.29, 0.717) is 5.78 Å². The summed E-state index contributed by atoms with van der Waals surface area (Å²) in [6.07, 6.45) is 3.50. The van der Waals surface area contributed by atoms with E-state index in [-0.39, 0.29) is 6.04 Å². The molecule has 2 atom stereocenters. The van der Waals surface area contributed by atoms with Gasteiger partial charge in [0.25, 0.3) is 0 Å². The third-order valence-corrected chi connectivity index (χ3v) is 2.58. The first-order valence-electron chi connectivity index (χ1n) is 4.48. The van der Waals surface area contributed by atoms with Crippen LogP contribution in [-0.4, -0.2) is 18.4 Å². The Morgan fingerprint density at radius 1 is 1.64 bits per heavy atom. The smallest absolute Gasteiger partial charge is 0.146 e. The second-order valence-corrected chi connectivity index (χ2v) is 3.42. The molecule has 0 aromatic carbocycles. The summed E-state index contributed by atoms with van der Waals surface area (Å²) in [7, 11) is 0. The molecule has 2 nitrogen and oxygen atoms in total. The van der Waals surface area contributed by atoms with Crippen LogP contribution < -0.4 is 5.32 Å².